The topological polar surface area (TPSA) is 197 Å². The fourth-order valence-electron chi connectivity index (χ4n) is 11.6. The first-order valence-corrected chi connectivity index (χ1v) is 35.4. The molecule has 8 aromatic rings. The van der Waals surface area contributed by atoms with Gasteiger partial charge in [0.15, 0.2) is 5.82 Å². The van der Waals surface area contributed by atoms with Crippen LogP contribution in [0.15, 0.2) is 182 Å². The summed E-state index contributed by atoms with van der Waals surface area (Å²) < 4.78 is 33.7. The van der Waals surface area contributed by atoms with Crippen molar-refractivity contribution in [3.8, 4) is 22.5 Å². The number of hydrogen-bond acceptors (Lipinski definition) is 12. The van der Waals surface area contributed by atoms with Crippen molar-refractivity contribution in [2.45, 2.75) is 149 Å². The van der Waals surface area contributed by atoms with E-state index in [2.05, 4.69) is 159 Å². The van der Waals surface area contributed by atoms with Crippen molar-refractivity contribution in [3.05, 3.63) is 205 Å². The molecule has 0 spiro atoms. The van der Waals surface area contributed by atoms with Gasteiger partial charge < -0.3 is 52.7 Å². The average molecular weight is 1310 g/mol. The molecular weight excluding hydrogens is 1210 g/mol. The normalized spacial score (nSPS) is 12.7. The molecule has 2 amide bonds. The van der Waals surface area contributed by atoms with Crippen molar-refractivity contribution < 1.29 is 76.9 Å². The first-order chi connectivity index (χ1) is 43.4. The minimum atomic E-state index is -2.74. The largest absolute Gasteiger partial charge is 1.00 e. The van der Waals surface area contributed by atoms with Crippen molar-refractivity contribution in [1.29, 1.82) is 0 Å². The molecule has 2 N–H and O–H groups in total. The maximum atomic E-state index is 13.0. The van der Waals surface area contributed by atoms with Crippen LogP contribution in [0.2, 0.25) is 10.1 Å². The Balaban J connectivity index is 0.000000292. The second-order valence-corrected chi connectivity index (χ2v) is 35.8. The summed E-state index contributed by atoms with van der Waals surface area (Å²) in [5, 5.41) is 22.0. The van der Waals surface area contributed by atoms with Crippen LogP contribution in [0.5, 0.6) is 0 Å². The summed E-state index contributed by atoms with van der Waals surface area (Å²) >= 11 is 0. The summed E-state index contributed by atoms with van der Waals surface area (Å²) in [5.41, 5.74) is 3.69. The fourth-order valence-corrected chi connectivity index (χ4v) is 20.8. The number of rotatable bonds is 23. The first-order valence-electron chi connectivity index (χ1n) is 31.6. The maximum Gasteiger partial charge on any atom is 1.00 e. The zero-order valence-electron chi connectivity index (χ0n) is 57.3. The van der Waals surface area contributed by atoms with E-state index < -0.39 is 52.0 Å². The Morgan fingerprint density at radius 1 is 0.484 bits per heavy atom. The number of esters is 1. The molecule has 8 rings (SSSR count). The van der Waals surface area contributed by atoms with Gasteiger partial charge in [-0.25, -0.2) is 24.4 Å². The minimum absolute atomic E-state index is 0. The molecule has 16 nitrogen and oxygen atoms in total. The van der Waals surface area contributed by atoms with Crippen LogP contribution in [0.4, 0.5) is 9.59 Å². The van der Waals surface area contributed by atoms with E-state index in [0.29, 0.717) is 50.3 Å². The standard InChI is InChI=1S/C38H49N3O5Si.C36H45N3O5Si.Na/c1-9-44-35(42)34-40-33(27-41(34)8)29-22-20-28(21-23-29)26-30(39-36(43)46-37(2,3)4)24-25-45-47(38(5,6)7,31-16-12-10-13-17-31)32-18-14-11-15-19-32;1-35(2,3)44-34(42)37-28(24-26-18-20-27(21-19-26)31-25-39(7)32(38-31)33(40)41)22-23-43-45(36(4,5)6,29-14-10-8-11-15-29)30-16-12-9-13-17-30;/h10-23,27,30H,9,24-26H2,1-8H3,(H,39,43);8-21,25,28H,22-24H2,1-7H3,(H,37,42)(H,40,41);/q;;+1/p-1/t30-;28-;/m11./s1. The minimum Gasteiger partial charge on any atom is -0.542 e. The van der Waals surface area contributed by atoms with Crippen LogP contribution >= 0.6 is 0 Å². The smallest absolute Gasteiger partial charge is 0.542 e. The summed E-state index contributed by atoms with van der Waals surface area (Å²) in [4.78, 5) is 58.2. The van der Waals surface area contributed by atoms with Crippen LogP contribution in [0.1, 0.15) is 135 Å². The van der Waals surface area contributed by atoms with Crippen LogP contribution < -0.4 is 66.0 Å². The molecule has 6 aromatic carbocycles. The Hall–Kier alpha value is -7.43. The number of amides is 2. The van der Waals surface area contributed by atoms with Crippen LogP contribution in [-0.2, 0) is 50.0 Å². The van der Waals surface area contributed by atoms with E-state index in [1.807, 2.05) is 121 Å². The van der Waals surface area contributed by atoms with Crippen molar-refractivity contribution in [3.63, 3.8) is 0 Å². The van der Waals surface area contributed by atoms with Gasteiger partial charge >= 0.3 is 47.7 Å². The SMILES string of the molecule is CCOC(=O)c1nc(-c2ccc(C[C@@H](CCO[Si](c3ccccc3)(c3ccccc3)C(C)(C)C)NC(=O)OC(C)(C)C)cc2)cn1C.Cn1cc(-c2ccc(C[C@@H](CCO[Si](c3ccccc3)(c3ccccc3)C(C)(C)C)NC(=O)OC(C)(C)C)cc2)nc1C(=O)[O-].[Na+]. The van der Waals surface area contributed by atoms with Gasteiger partial charge in [-0.15, -0.1) is 0 Å². The summed E-state index contributed by atoms with van der Waals surface area (Å²) in [7, 11) is -2.08. The molecule has 19 heteroatoms. The van der Waals surface area contributed by atoms with E-state index in [1.165, 1.54) is 25.3 Å². The van der Waals surface area contributed by atoms with Gasteiger partial charge in [0.2, 0.25) is 5.82 Å². The van der Waals surface area contributed by atoms with Gasteiger partial charge in [-0.1, -0.05) is 211 Å². The predicted molar refractivity (Wildman–Crippen MR) is 368 cm³/mol. The molecule has 0 saturated carbocycles. The van der Waals surface area contributed by atoms with Crippen molar-refractivity contribution in [2.24, 2.45) is 14.1 Å². The molecule has 0 bridgehead atoms. The molecule has 2 heterocycles. The Labute approximate surface area is 574 Å². The molecule has 488 valence electrons. The number of aromatic nitrogens is 4. The summed E-state index contributed by atoms with van der Waals surface area (Å²) in [6.45, 7) is 27.6. The Morgan fingerprint density at radius 2 is 0.796 bits per heavy atom. The van der Waals surface area contributed by atoms with Crippen LogP contribution in [0, 0.1) is 0 Å². The summed E-state index contributed by atoms with van der Waals surface area (Å²) in [6.07, 6.45) is 4.85. The molecule has 0 radical (unpaired) electrons. The number of carboxylic acids is 1. The van der Waals surface area contributed by atoms with Crippen LogP contribution in [0.3, 0.4) is 0 Å². The van der Waals surface area contributed by atoms with E-state index in [-0.39, 0.29) is 70.0 Å². The van der Waals surface area contributed by atoms with E-state index in [9.17, 15) is 24.3 Å². The number of alkyl carbamates (subject to hydrolysis) is 2. The maximum absolute atomic E-state index is 13.0. The fraction of sp³-hybridized carbons (Fsp3) is 0.378. The van der Waals surface area contributed by atoms with Gasteiger partial charge in [0.05, 0.1) is 18.0 Å². The number of carbonyl (C=O) groups is 4. The van der Waals surface area contributed by atoms with Gasteiger partial charge in [0.25, 0.3) is 16.6 Å². The molecule has 2 aromatic heterocycles. The second-order valence-electron chi connectivity index (χ2n) is 27.2. The van der Waals surface area contributed by atoms with E-state index in [4.69, 9.17) is 23.1 Å². The molecule has 0 aliphatic rings. The Morgan fingerprint density at radius 3 is 1.08 bits per heavy atom. The third kappa shape index (κ3) is 20.1. The zero-order valence-corrected chi connectivity index (χ0v) is 61.3. The third-order valence-electron chi connectivity index (χ3n) is 15.7. The summed E-state index contributed by atoms with van der Waals surface area (Å²) in [5.74, 6) is -1.64. The molecule has 2 atom stereocenters. The second kappa shape index (κ2) is 32.6. The zero-order chi connectivity index (χ0) is 67.1. The number of nitrogens with zero attached hydrogens (tertiary/aromatic N) is 4. The molecule has 0 fully saturated rings. The molecule has 93 heavy (non-hydrogen) atoms. The van der Waals surface area contributed by atoms with Gasteiger partial charge in [-0.3, -0.25) is 0 Å². The number of nitrogens with one attached hydrogen (secondary N) is 2. The van der Waals surface area contributed by atoms with Gasteiger partial charge in [-0.2, -0.15) is 0 Å². The number of aromatic carboxylic acids is 1. The van der Waals surface area contributed by atoms with Gasteiger partial charge in [0.1, 0.15) is 17.2 Å². The molecule has 0 aliphatic heterocycles. The quantitative estimate of drug-likeness (QED) is 0.0352. The van der Waals surface area contributed by atoms with Gasteiger partial charge in [0, 0.05) is 62.9 Å². The average Bonchev–Trinajstić information content (AvgIpc) is 1.50. The summed E-state index contributed by atoms with van der Waals surface area (Å²) in [6, 6.07) is 57.4. The number of ether oxygens (including phenoxy) is 3. The monoisotopic (exact) mass is 1300 g/mol. The molecule has 0 saturated heterocycles. The van der Waals surface area contributed by atoms with Crippen molar-refractivity contribution in [2.75, 3.05) is 19.8 Å². The van der Waals surface area contributed by atoms with E-state index >= 15 is 0 Å². The predicted octanol–water partition coefficient (Wildman–Crippen LogP) is 8.52. The van der Waals surface area contributed by atoms with Crippen LogP contribution in [0.25, 0.3) is 22.5 Å². The number of benzene rings is 6. The third-order valence-corrected chi connectivity index (χ3v) is 25.8. The number of aryl methyl sites for hydroxylation is 2. The molecule has 0 aliphatic carbocycles. The first kappa shape index (κ1) is 74.6. The van der Waals surface area contributed by atoms with Crippen molar-refractivity contribution >= 4 is 61.5 Å². The van der Waals surface area contributed by atoms with Crippen LogP contribution in [-0.4, -0.2) is 103 Å². The Bertz CT molecular complexity index is 3590. The van der Waals surface area contributed by atoms with Crippen molar-refractivity contribution in [1.82, 2.24) is 29.7 Å². The number of carboxylic acid groups (broad SMARTS) is 1. The number of hydrogen-bond donors (Lipinski definition) is 2. The number of carbonyl (C=O) groups excluding carboxylic acids is 4. The number of imidazole rings is 2. The molecule has 0 unspecified atom stereocenters. The Kier molecular flexibility index (Phi) is 26.2. The van der Waals surface area contributed by atoms with E-state index in [0.717, 1.165) is 22.3 Å². The molecular formula is C74H93N6NaO10Si2. The van der Waals surface area contributed by atoms with E-state index in [1.54, 1.807) is 31.8 Å². The van der Waals surface area contributed by atoms with Gasteiger partial charge in [-0.05, 0) is 116 Å².